The number of benzene rings is 2. The number of hydrogen-bond donors (Lipinski definition) is 4. The molecule has 1 heterocycles. The van der Waals surface area contributed by atoms with Crippen LogP contribution in [0.4, 0.5) is 4.79 Å². The van der Waals surface area contributed by atoms with Crippen LogP contribution >= 0.6 is 0 Å². The average Bonchev–Trinajstić information content (AvgIpc) is 3.10. The number of carbonyl (C=O) groups is 2. The number of aromatic hydroxyl groups is 1. The number of para-hydroxylation sites is 1. The predicted molar refractivity (Wildman–Crippen MR) is 120 cm³/mol. The maximum atomic E-state index is 12.9. The third-order valence-corrected chi connectivity index (χ3v) is 4.76. The van der Waals surface area contributed by atoms with Crippen LogP contribution < -0.4 is 10.6 Å². The van der Waals surface area contributed by atoms with Gasteiger partial charge in [0.1, 0.15) is 17.4 Å². The number of phenols is 1. The first-order valence-electron chi connectivity index (χ1n) is 10.3. The minimum absolute atomic E-state index is 0.202. The Balaban J connectivity index is 1.68. The fourth-order valence-corrected chi connectivity index (χ4v) is 3.30. The molecule has 0 radical (unpaired) electrons. The lowest BCUT2D eigenvalue weighted by Crippen LogP contribution is -2.49. The molecule has 0 aliphatic rings. The number of fused-ring (bicyclic) bond motifs is 1. The Kier molecular flexibility index (Phi) is 6.84. The van der Waals surface area contributed by atoms with Crippen LogP contribution in [0.2, 0.25) is 0 Å². The molecule has 164 valence electrons. The highest BCUT2D eigenvalue weighted by molar-refractivity contribution is 5.88. The first-order valence-corrected chi connectivity index (χ1v) is 10.3. The number of ether oxygens (including phenoxy) is 1. The van der Waals surface area contributed by atoms with E-state index in [9.17, 15) is 14.7 Å². The molecule has 3 aromatic rings. The van der Waals surface area contributed by atoms with Crippen LogP contribution in [-0.4, -0.2) is 40.3 Å². The van der Waals surface area contributed by atoms with E-state index < -0.39 is 17.7 Å². The fraction of sp³-hybridized carbons (Fsp3) is 0.333. The molecule has 0 fully saturated rings. The number of rotatable bonds is 7. The molecule has 0 saturated heterocycles. The highest BCUT2D eigenvalue weighted by Crippen LogP contribution is 2.19. The molecule has 0 bridgehead atoms. The topological polar surface area (TPSA) is 103 Å². The van der Waals surface area contributed by atoms with Crippen LogP contribution in [0.25, 0.3) is 10.9 Å². The van der Waals surface area contributed by atoms with Gasteiger partial charge in [0.05, 0.1) is 0 Å². The van der Waals surface area contributed by atoms with Crippen molar-refractivity contribution < 1.29 is 19.4 Å². The lowest BCUT2D eigenvalue weighted by atomic mass is 10.0. The van der Waals surface area contributed by atoms with Crippen LogP contribution in [-0.2, 0) is 22.4 Å². The highest BCUT2D eigenvalue weighted by Gasteiger charge is 2.25. The van der Waals surface area contributed by atoms with Crippen LogP contribution in [0, 0.1) is 0 Å². The Hall–Kier alpha value is -3.48. The van der Waals surface area contributed by atoms with Crippen molar-refractivity contribution in [1.82, 2.24) is 15.6 Å². The third kappa shape index (κ3) is 6.50. The average molecular weight is 424 g/mol. The molecule has 0 saturated carbocycles. The zero-order valence-electron chi connectivity index (χ0n) is 18.1. The molecular formula is C24H29N3O4. The molecule has 2 aromatic carbocycles. The smallest absolute Gasteiger partial charge is 0.408 e. The Morgan fingerprint density at radius 3 is 2.52 bits per heavy atom. The Labute approximate surface area is 181 Å². The monoisotopic (exact) mass is 423 g/mol. The van der Waals surface area contributed by atoms with Crippen molar-refractivity contribution in [3.05, 3.63) is 65.9 Å². The summed E-state index contributed by atoms with van der Waals surface area (Å²) in [7, 11) is 0. The molecule has 4 N–H and O–H groups in total. The normalized spacial score (nSPS) is 12.4. The van der Waals surface area contributed by atoms with Gasteiger partial charge in [-0.15, -0.1) is 0 Å². The van der Waals surface area contributed by atoms with E-state index in [1.165, 1.54) is 0 Å². The van der Waals surface area contributed by atoms with E-state index in [-0.39, 0.29) is 11.7 Å². The summed E-state index contributed by atoms with van der Waals surface area (Å²) < 4.78 is 5.35. The SMILES string of the molecule is CC(C)(C)OC(=O)N[C@@H](Cc1c[nH]c2ccccc12)C(=O)NCCc1ccc(O)cc1. The number of hydrogen-bond acceptors (Lipinski definition) is 4. The van der Waals surface area contributed by atoms with Crippen molar-refractivity contribution in [2.45, 2.75) is 45.3 Å². The van der Waals surface area contributed by atoms with Crippen LogP contribution in [0.5, 0.6) is 5.75 Å². The van der Waals surface area contributed by atoms with Gasteiger partial charge < -0.3 is 25.5 Å². The molecule has 3 rings (SSSR count). The van der Waals surface area contributed by atoms with Crippen LogP contribution in [0.15, 0.2) is 54.7 Å². The second-order valence-corrected chi connectivity index (χ2v) is 8.47. The van der Waals surface area contributed by atoms with Gasteiger partial charge in [-0.3, -0.25) is 4.79 Å². The number of carbonyl (C=O) groups excluding carboxylic acids is 2. The first kappa shape index (κ1) is 22.2. The van der Waals surface area contributed by atoms with Gasteiger partial charge in [0, 0.05) is 30.1 Å². The molecule has 2 amide bonds. The van der Waals surface area contributed by atoms with Gasteiger partial charge in [0.2, 0.25) is 5.91 Å². The summed E-state index contributed by atoms with van der Waals surface area (Å²) in [6.07, 6.45) is 2.16. The van der Waals surface area contributed by atoms with E-state index in [0.29, 0.717) is 19.4 Å². The van der Waals surface area contributed by atoms with Gasteiger partial charge >= 0.3 is 6.09 Å². The summed E-state index contributed by atoms with van der Waals surface area (Å²) in [5, 5.41) is 16.0. The Morgan fingerprint density at radius 2 is 1.81 bits per heavy atom. The molecule has 1 atom stereocenters. The summed E-state index contributed by atoms with van der Waals surface area (Å²) in [6.45, 7) is 5.74. The quantitative estimate of drug-likeness (QED) is 0.465. The van der Waals surface area contributed by atoms with Gasteiger partial charge in [0.15, 0.2) is 0 Å². The van der Waals surface area contributed by atoms with E-state index in [1.54, 1.807) is 32.9 Å². The molecule has 31 heavy (non-hydrogen) atoms. The fourth-order valence-electron chi connectivity index (χ4n) is 3.30. The molecule has 7 nitrogen and oxygen atoms in total. The van der Waals surface area contributed by atoms with Crippen LogP contribution in [0.3, 0.4) is 0 Å². The molecule has 0 aliphatic carbocycles. The summed E-state index contributed by atoms with van der Waals surface area (Å²) >= 11 is 0. The molecule has 0 spiro atoms. The van der Waals surface area contributed by atoms with Gasteiger partial charge in [0.25, 0.3) is 0 Å². The van der Waals surface area contributed by atoms with Crippen molar-refractivity contribution in [2.75, 3.05) is 6.54 Å². The lowest BCUT2D eigenvalue weighted by Gasteiger charge is -2.23. The zero-order valence-corrected chi connectivity index (χ0v) is 18.1. The third-order valence-electron chi connectivity index (χ3n) is 4.76. The van der Waals surface area contributed by atoms with E-state index in [0.717, 1.165) is 22.0 Å². The number of amides is 2. The molecule has 1 aromatic heterocycles. The lowest BCUT2D eigenvalue weighted by molar-refractivity contribution is -0.123. The number of H-pyrrole nitrogens is 1. The second kappa shape index (κ2) is 9.55. The second-order valence-electron chi connectivity index (χ2n) is 8.47. The van der Waals surface area contributed by atoms with Crippen LogP contribution in [0.1, 0.15) is 31.9 Å². The largest absolute Gasteiger partial charge is 0.508 e. The number of alkyl carbamates (subject to hydrolysis) is 1. The molecular weight excluding hydrogens is 394 g/mol. The minimum Gasteiger partial charge on any atom is -0.508 e. The minimum atomic E-state index is -0.783. The molecule has 0 aliphatic heterocycles. The van der Waals surface area contributed by atoms with E-state index in [1.807, 2.05) is 42.6 Å². The zero-order chi connectivity index (χ0) is 22.4. The van der Waals surface area contributed by atoms with Gasteiger partial charge in [-0.2, -0.15) is 0 Å². The number of phenolic OH excluding ortho intramolecular Hbond substituents is 1. The van der Waals surface area contributed by atoms with Crippen molar-refractivity contribution >= 4 is 22.9 Å². The van der Waals surface area contributed by atoms with Crippen molar-refractivity contribution in [2.24, 2.45) is 0 Å². The summed E-state index contributed by atoms with van der Waals surface area (Å²) in [4.78, 5) is 28.5. The standard InChI is InChI=1S/C24H29N3O4/c1-24(2,3)31-23(30)27-21(14-17-15-26-20-7-5-4-6-19(17)20)22(29)25-13-12-16-8-10-18(28)11-9-16/h4-11,15,21,26,28H,12-14H2,1-3H3,(H,25,29)(H,27,30)/t21-/m0/s1. The van der Waals surface area contributed by atoms with Crippen molar-refractivity contribution in [3.63, 3.8) is 0 Å². The van der Waals surface area contributed by atoms with E-state index in [2.05, 4.69) is 15.6 Å². The summed E-state index contributed by atoms with van der Waals surface area (Å²) in [5.74, 6) is -0.0805. The van der Waals surface area contributed by atoms with Gasteiger partial charge in [-0.05, 0) is 56.5 Å². The maximum Gasteiger partial charge on any atom is 0.408 e. The van der Waals surface area contributed by atoms with Crippen molar-refractivity contribution in [1.29, 1.82) is 0 Å². The number of nitrogens with one attached hydrogen (secondary N) is 3. The number of aromatic amines is 1. The Morgan fingerprint density at radius 1 is 1.10 bits per heavy atom. The maximum absolute atomic E-state index is 12.9. The van der Waals surface area contributed by atoms with E-state index in [4.69, 9.17) is 4.74 Å². The number of aromatic nitrogens is 1. The van der Waals surface area contributed by atoms with Crippen molar-refractivity contribution in [3.8, 4) is 5.75 Å². The Bertz CT molecular complexity index is 1030. The van der Waals surface area contributed by atoms with Gasteiger partial charge in [-0.1, -0.05) is 30.3 Å². The summed E-state index contributed by atoms with van der Waals surface area (Å²) in [6, 6.07) is 13.9. The molecule has 0 unspecified atom stereocenters. The first-order chi connectivity index (χ1) is 14.7. The van der Waals surface area contributed by atoms with Gasteiger partial charge in [-0.25, -0.2) is 4.79 Å². The summed E-state index contributed by atoms with van der Waals surface area (Å²) in [5.41, 5.74) is 2.24. The van der Waals surface area contributed by atoms with E-state index >= 15 is 0 Å². The molecule has 7 heteroatoms. The predicted octanol–water partition coefficient (Wildman–Crippen LogP) is 3.67. The highest BCUT2D eigenvalue weighted by atomic mass is 16.6.